The summed E-state index contributed by atoms with van der Waals surface area (Å²) < 4.78 is 5.72. The minimum Gasteiger partial charge on any atom is -0.481 e. The van der Waals surface area contributed by atoms with E-state index in [4.69, 9.17) is 4.74 Å². The number of carbonyl (C=O) groups is 3. The molecule has 6 rings (SSSR count). The van der Waals surface area contributed by atoms with Crippen molar-refractivity contribution in [2.24, 2.45) is 17.3 Å². The first kappa shape index (κ1) is 22.1. The van der Waals surface area contributed by atoms with Crippen molar-refractivity contribution in [1.82, 2.24) is 10.2 Å². The van der Waals surface area contributed by atoms with Crippen molar-refractivity contribution < 1.29 is 24.2 Å². The molecule has 35 heavy (non-hydrogen) atoms. The van der Waals surface area contributed by atoms with Gasteiger partial charge >= 0.3 is 12.1 Å². The molecule has 1 heterocycles. The molecule has 2 aromatic rings. The van der Waals surface area contributed by atoms with Crippen molar-refractivity contribution in [2.45, 2.75) is 44.1 Å². The molecule has 1 saturated heterocycles. The van der Waals surface area contributed by atoms with Gasteiger partial charge in [-0.15, -0.1) is 0 Å². The summed E-state index contributed by atoms with van der Waals surface area (Å²) in [6.07, 6.45) is 2.78. The number of nitrogens with one attached hydrogen (secondary N) is 1. The van der Waals surface area contributed by atoms with Crippen LogP contribution in [0.15, 0.2) is 48.5 Å². The molecule has 2 aromatic carbocycles. The average molecular weight is 475 g/mol. The van der Waals surface area contributed by atoms with Crippen LogP contribution in [-0.2, 0) is 14.3 Å². The number of rotatable bonds is 6. The third-order valence-corrected chi connectivity index (χ3v) is 8.67. The largest absolute Gasteiger partial charge is 0.481 e. The fourth-order valence-electron chi connectivity index (χ4n) is 6.30. The lowest BCUT2D eigenvalue weighted by Crippen LogP contribution is -2.59. The summed E-state index contributed by atoms with van der Waals surface area (Å²) in [4.78, 5) is 40.0. The van der Waals surface area contributed by atoms with Crippen LogP contribution < -0.4 is 5.32 Å². The molecule has 2 saturated carbocycles. The van der Waals surface area contributed by atoms with Gasteiger partial charge in [0, 0.05) is 24.4 Å². The maximum atomic E-state index is 13.6. The third kappa shape index (κ3) is 3.60. The Balaban J connectivity index is 1.16. The topological polar surface area (TPSA) is 95.9 Å². The van der Waals surface area contributed by atoms with Crippen LogP contribution in [0, 0.1) is 17.3 Å². The van der Waals surface area contributed by atoms with Gasteiger partial charge in [-0.3, -0.25) is 9.59 Å². The highest BCUT2D eigenvalue weighted by Gasteiger charge is 2.61. The number of nitrogens with zero attached hydrogens (tertiary/aromatic N) is 1. The number of aliphatic carboxylic acids is 1. The number of likely N-dealkylation sites (tertiary alicyclic amines) is 1. The van der Waals surface area contributed by atoms with E-state index in [2.05, 4.69) is 29.6 Å². The van der Waals surface area contributed by atoms with E-state index in [1.165, 1.54) is 0 Å². The first-order chi connectivity index (χ1) is 16.8. The second kappa shape index (κ2) is 7.83. The standard InChI is InChI=1S/C28H30N2O5/c1-27(17-10-11-17,25(33)30-14-23(24(31)32)28(16-30)12-13-28)29-26(34)35-15-22-20-8-4-2-6-18(20)19-7-3-5-9-21(19)22/h2-9,17,22-23H,10-16H2,1H3,(H,29,34)(H,31,32). The number of alkyl carbamates (subject to hydrolysis) is 1. The van der Waals surface area contributed by atoms with Gasteiger partial charge in [0.25, 0.3) is 0 Å². The SMILES string of the molecule is CC(NC(=O)OCC1c2ccccc2-c2ccccc21)(C(=O)N1CC(C(=O)O)C2(CC2)C1)C1CC1. The van der Waals surface area contributed by atoms with Crippen molar-refractivity contribution in [3.05, 3.63) is 59.7 Å². The quantitative estimate of drug-likeness (QED) is 0.659. The zero-order valence-electron chi connectivity index (χ0n) is 19.8. The molecule has 3 aliphatic carbocycles. The minimum absolute atomic E-state index is 0.0366. The van der Waals surface area contributed by atoms with Crippen LogP contribution in [0.4, 0.5) is 4.79 Å². The molecular formula is C28H30N2O5. The van der Waals surface area contributed by atoms with Gasteiger partial charge < -0.3 is 20.1 Å². The monoisotopic (exact) mass is 474 g/mol. The van der Waals surface area contributed by atoms with E-state index in [1.807, 2.05) is 24.3 Å². The summed E-state index contributed by atoms with van der Waals surface area (Å²) in [6.45, 7) is 2.62. The lowest BCUT2D eigenvalue weighted by atomic mass is 9.93. The Morgan fingerprint density at radius 3 is 2.17 bits per heavy atom. The smallest absolute Gasteiger partial charge is 0.408 e. The Labute approximate surface area is 204 Å². The van der Waals surface area contributed by atoms with E-state index in [1.54, 1.807) is 11.8 Å². The van der Waals surface area contributed by atoms with Crippen molar-refractivity contribution in [3.63, 3.8) is 0 Å². The van der Waals surface area contributed by atoms with Crippen molar-refractivity contribution in [1.29, 1.82) is 0 Å². The molecule has 2 atom stereocenters. The highest BCUT2D eigenvalue weighted by Crippen LogP contribution is 2.57. The zero-order valence-corrected chi connectivity index (χ0v) is 19.8. The second-order valence-electron chi connectivity index (χ2n) is 10.9. The van der Waals surface area contributed by atoms with Gasteiger partial charge in [0.15, 0.2) is 0 Å². The van der Waals surface area contributed by atoms with E-state index in [9.17, 15) is 19.5 Å². The molecule has 0 bridgehead atoms. The molecule has 1 aliphatic heterocycles. The van der Waals surface area contributed by atoms with E-state index in [0.29, 0.717) is 6.54 Å². The normalized spacial score (nSPS) is 23.3. The summed E-state index contributed by atoms with van der Waals surface area (Å²) in [7, 11) is 0. The van der Waals surface area contributed by atoms with Gasteiger partial charge in [-0.1, -0.05) is 48.5 Å². The van der Waals surface area contributed by atoms with E-state index < -0.39 is 23.5 Å². The Morgan fingerprint density at radius 1 is 1.06 bits per heavy atom. The highest BCUT2D eigenvalue weighted by molar-refractivity contribution is 5.91. The van der Waals surface area contributed by atoms with Crippen LogP contribution in [0.1, 0.15) is 49.7 Å². The predicted octanol–water partition coefficient (Wildman–Crippen LogP) is 4.02. The van der Waals surface area contributed by atoms with Crippen molar-refractivity contribution in [2.75, 3.05) is 19.7 Å². The molecule has 1 spiro atoms. The molecule has 2 amide bonds. The lowest BCUT2D eigenvalue weighted by Gasteiger charge is -2.33. The summed E-state index contributed by atoms with van der Waals surface area (Å²) in [6, 6.07) is 16.3. The number of carboxylic acids is 1. The van der Waals surface area contributed by atoms with Crippen molar-refractivity contribution in [3.8, 4) is 11.1 Å². The van der Waals surface area contributed by atoms with Gasteiger partial charge in [-0.25, -0.2) is 4.79 Å². The number of carboxylic acid groups (broad SMARTS) is 1. The second-order valence-corrected chi connectivity index (χ2v) is 10.9. The number of fused-ring (bicyclic) bond motifs is 3. The zero-order chi connectivity index (χ0) is 24.4. The molecule has 0 radical (unpaired) electrons. The Bertz CT molecular complexity index is 1170. The number of hydrogen-bond donors (Lipinski definition) is 2. The molecule has 2 unspecified atom stereocenters. The number of hydrogen-bond acceptors (Lipinski definition) is 4. The number of benzene rings is 2. The molecule has 7 nitrogen and oxygen atoms in total. The first-order valence-electron chi connectivity index (χ1n) is 12.5. The molecule has 0 aromatic heterocycles. The fourth-order valence-corrected chi connectivity index (χ4v) is 6.30. The maximum absolute atomic E-state index is 13.6. The summed E-state index contributed by atoms with van der Waals surface area (Å²) in [5, 5.41) is 12.5. The van der Waals surface area contributed by atoms with Gasteiger partial charge in [-0.2, -0.15) is 0 Å². The molecule has 3 fully saturated rings. The average Bonchev–Trinajstić information content (AvgIpc) is 3.76. The molecular weight excluding hydrogens is 444 g/mol. The Kier molecular flexibility index (Phi) is 4.95. The molecule has 2 N–H and O–H groups in total. The number of carbonyl (C=O) groups excluding carboxylic acids is 2. The third-order valence-electron chi connectivity index (χ3n) is 8.67. The maximum Gasteiger partial charge on any atom is 0.408 e. The molecule has 7 heteroatoms. The van der Waals surface area contributed by atoms with Crippen LogP contribution in [0.5, 0.6) is 0 Å². The lowest BCUT2D eigenvalue weighted by molar-refractivity contribution is -0.143. The van der Waals surface area contributed by atoms with Crippen LogP contribution in [0.3, 0.4) is 0 Å². The predicted molar refractivity (Wildman–Crippen MR) is 129 cm³/mol. The highest BCUT2D eigenvalue weighted by atomic mass is 16.5. The number of amides is 2. The van der Waals surface area contributed by atoms with Gasteiger partial charge in [-0.05, 0) is 60.8 Å². The van der Waals surface area contributed by atoms with Crippen LogP contribution in [0.2, 0.25) is 0 Å². The van der Waals surface area contributed by atoms with Gasteiger partial charge in [0.1, 0.15) is 12.1 Å². The van der Waals surface area contributed by atoms with E-state index >= 15 is 0 Å². The van der Waals surface area contributed by atoms with Gasteiger partial charge in [0.2, 0.25) is 5.91 Å². The summed E-state index contributed by atoms with van der Waals surface area (Å²) in [5.74, 6) is -1.57. The minimum atomic E-state index is -1.09. The van der Waals surface area contributed by atoms with E-state index in [-0.39, 0.29) is 36.3 Å². The van der Waals surface area contributed by atoms with Crippen LogP contribution in [-0.4, -0.2) is 53.2 Å². The summed E-state index contributed by atoms with van der Waals surface area (Å²) in [5.41, 5.74) is 3.21. The van der Waals surface area contributed by atoms with Crippen LogP contribution >= 0.6 is 0 Å². The fraction of sp³-hybridized carbons (Fsp3) is 0.464. The Morgan fingerprint density at radius 2 is 1.66 bits per heavy atom. The van der Waals surface area contributed by atoms with Crippen molar-refractivity contribution >= 4 is 18.0 Å². The first-order valence-corrected chi connectivity index (χ1v) is 12.5. The summed E-state index contributed by atoms with van der Waals surface area (Å²) >= 11 is 0. The Hall–Kier alpha value is -3.35. The molecule has 182 valence electrons. The molecule has 4 aliphatic rings. The van der Waals surface area contributed by atoms with Gasteiger partial charge in [0.05, 0.1) is 5.92 Å². The number of ether oxygens (including phenoxy) is 1. The van der Waals surface area contributed by atoms with E-state index in [0.717, 1.165) is 47.9 Å². The van der Waals surface area contributed by atoms with Crippen LogP contribution in [0.25, 0.3) is 11.1 Å².